The summed E-state index contributed by atoms with van der Waals surface area (Å²) in [5, 5.41) is 3.86. The van der Waals surface area contributed by atoms with Gasteiger partial charge in [-0.3, -0.25) is 0 Å². The second-order valence-corrected chi connectivity index (χ2v) is 4.89. The van der Waals surface area contributed by atoms with Gasteiger partial charge in [-0.2, -0.15) is 0 Å². The highest BCUT2D eigenvalue weighted by atomic mass is 16.7. The van der Waals surface area contributed by atoms with Gasteiger partial charge < -0.3 is 18.7 Å². The minimum atomic E-state index is -0.524. The number of aryl methyl sites for hydroxylation is 1. The zero-order chi connectivity index (χ0) is 16.4. The number of furan rings is 1. The fourth-order valence-corrected chi connectivity index (χ4v) is 2.27. The van der Waals surface area contributed by atoms with Crippen molar-refractivity contribution in [2.75, 3.05) is 14.2 Å². The number of carbonyl (C=O) groups excluding carboxylic acids is 1. The molecule has 0 radical (unpaired) electrons. The number of ether oxygens (including phenoxy) is 2. The smallest absolute Gasteiger partial charge is 0.368 e. The number of carbonyl (C=O) groups is 1. The largest absolute Gasteiger partial charge is 0.493 e. The maximum atomic E-state index is 11.9. The maximum absolute atomic E-state index is 11.9. The Kier molecular flexibility index (Phi) is 3.89. The third-order valence-electron chi connectivity index (χ3n) is 3.40. The van der Waals surface area contributed by atoms with E-state index in [0.29, 0.717) is 34.1 Å². The van der Waals surface area contributed by atoms with Gasteiger partial charge in [0, 0.05) is 5.56 Å². The Morgan fingerprint density at radius 2 is 1.87 bits per heavy atom. The van der Waals surface area contributed by atoms with Crippen LogP contribution in [0.25, 0.3) is 6.08 Å². The van der Waals surface area contributed by atoms with Gasteiger partial charge in [-0.15, -0.1) is 0 Å². The van der Waals surface area contributed by atoms with E-state index in [-0.39, 0.29) is 0 Å². The Bertz CT molecular complexity index is 816. The third kappa shape index (κ3) is 2.83. The summed E-state index contributed by atoms with van der Waals surface area (Å²) in [6.07, 6.45) is 1.61. The van der Waals surface area contributed by atoms with Crippen LogP contribution in [0, 0.1) is 6.92 Å². The first-order chi connectivity index (χ1) is 11.1. The molecular weight excluding hydrogens is 298 g/mol. The van der Waals surface area contributed by atoms with Gasteiger partial charge in [0.15, 0.2) is 11.5 Å². The van der Waals surface area contributed by atoms with Gasteiger partial charge >= 0.3 is 5.97 Å². The third-order valence-corrected chi connectivity index (χ3v) is 3.40. The van der Waals surface area contributed by atoms with E-state index < -0.39 is 5.97 Å². The Labute approximate surface area is 132 Å². The number of benzene rings is 1. The van der Waals surface area contributed by atoms with Crippen molar-refractivity contribution in [2.24, 2.45) is 5.16 Å². The van der Waals surface area contributed by atoms with E-state index >= 15 is 0 Å². The van der Waals surface area contributed by atoms with Crippen molar-refractivity contribution in [1.29, 1.82) is 0 Å². The minimum Gasteiger partial charge on any atom is -0.493 e. The van der Waals surface area contributed by atoms with E-state index in [1.807, 2.05) is 13.0 Å². The van der Waals surface area contributed by atoms with Crippen LogP contribution in [-0.4, -0.2) is 25.9 Å². The van der Waals surface area contributed by atoms with Crippen molar-refractivity contribution in [3.05, 3.63) is 53.0 Å². The number of hydrogen-bond donors (Lipinski definition) is 0. The topological polar surface area (TPSA) is 70.3 Å². The molecular formula is C17H15NO5. The molecule has 118 valence electrons. The Balaban J connectivity index is 2.01. The number of rotatable bonds is 4. The molecule has 1 aliphatic heterocycles. The monoisotopic (exact) mass is 313 g/mol. The maximum Gasteiger partial charge on any atom is 0.368 e. The number of nitrogens with zero attached hydrogens (tertiary/aromatic N) is 1. The van der Waals surface area contributed by atoms with E-state index in [1.54, 1.807) is 44.6 Å². The molecule has 3 rings (SSSR count). The van der Waals surface area contributed by atoms with Crippen LogP contribution in [0.5, 0.6) is 11.5 Å². The van der Waals surface area contributed by atoms with Crippen LogP contribution < -0.4 is 9.47 Å². The van der Waals surface area contributed by atoms with Gasteiger partial charge in [0.05, 0.1) is 19.8 Å². The van der Waals surface area contributed by atoms with E-state index in [1.165, 1.54) is 0 Å². The predicted molar refractivity (Wildman–Crippen MR) is 83.6 cm³/mol. The summed E-state index contributed by atoms with van der Waals surface area (Å²) in [5.74, 6) is 1.93. The molecule has 2 aromatic rings. The fourth-order valence-electron chi connectivity index (χ4n) is 2.27. The standard InChI is InChI=1S/C17H15NO5/c1-10-4-6-12(22-10)9-13-16(18-23-17(13)19)11-5-7-14(20-2)15(8-11)21-3/h4-9H,1-3H3. The van der Waals surface area contributed by atoms with Crippen LogP contribution in [0.4, 0.5) is 0 Å². The molecule has 0 atom stereocenters. The molecule has 0 fully saturated rings. The molecule has 0 bridgehead atoms. The van der Waals surface area contributed by atoms with Crippen molar-refractivity contribution >= 4 is 17.8 Å². The zero-order valence-corrected chi connectivity index (χ0v) is 13.0. The van der Waals surface area contributed by atoms with Crippen molar-refractivity contribution in [3.8, 4) is 11.5 Å². The van der Waals surface area contributed by atoms with E-state index in [9.17, 15) is 4.79 Å². The second-order valence-electron chi connectivity index (χ2n) is 4.89. The lowest BCUT2D eigenvalue weighted by molar-refractivity contribution is -0.136. The molecule has 0 saturated heterocycles. The van der Waals surface area contributed by atoms with Gasteiger partial charge in [-0.1, -0.05) is 5.16 Å². The Morgan fingerprint density at radius 3 is 2.52 bits per heavy atom. The number of oxime groups is 1. The molecule has 0 N–H and O–H groups in total. The molecule has 6 heteroatoms. The molecule has 2 heterocycles. The summed E-state index contributed by atoms with van der Waals surface area (Å²) < 4.78 is 16.0. The zero-order valence-electron chi connectivity index (χ0n) is 13.0. The molecule has 1 aromatic carbocycles. The highest BCUT2D eigenvalue weighted by Crippen LogP contribution is 2.30. The van der Waals surface area contributed by atoms with Gasteiger partial charge in [-0.25, -0.2) is 4.79 Å². The highest BCUT2D eigenvalue weighted by molar-refractivity contribution is 6.31. The van der Waals surface area contributed by atoms with Crippen LogP contribution in [0.1, 0.15) is 17.1 Å². The van der Waals surface area contributed by atoms with Crippen LogP contribution in [0.2, 0.25) is 0 Å². The molecule has 23 heavy (non-hydrogen) atoms. The van der Waals surface area contributed by atoms with Gasteiger partial charge in [0.25, 0.3) is 0 Å². The van der Waals surface area contributed by atoms with Crippen molar-refractivity contribution in [1.82, 2.24) is 0 Å². The molecule has 0 amide bonds. The van der Waals surface area contributed by atoms with Crippen LogP contribution in [0.3, 0.4) is 0 Å². The Hall–Kier alpha value is -3.02. The lowest BCUT2D eigenvalue weighted by Gasteiger charge is -2.09. The van der Waals surface area contributed by atoms with Crippen molar-refractivity contribution in [2.45, 2.75) is 6.92 Å². The number of hydrogen-bond acceptors (Lipinski definition) is 6. The average Bonchev–Trinajstić information content (AvgIpc) is 3.13. The molecule has 0 aliphatic carbocycles. The van der Waals surface area contributed by atoms with Gasteiger partial charge in [0.2, 0.25) is 0 Å². The van der Waals surface area contributed by atoms with Gasteiger partial charge in [0.1, 0.15) is 17.2 Å². The molecule has 0 saturated carbocycles. The molecule has 0 spiro atoms. The average molecular weight is 313 g/mol. The van der Waals surface area contributed by atoms with Crippen LogP contribution >= 0.6 is 0 Å². The van der Waals surface area contributed by atoms with Crippen molar-refractivity contribution in [3.63, 3.8) is 0 Å². The summed E-state index contributed by atoms with van der Waals surface area (Å²) >= 11 is 0. The summed E-state index contributed by atoms with van der Waals surface area (Å²) in [5.41, 5.74) is 1.43. The molecule has 0 unspecified atom stereocenters. The van der Waals surface area contributed by atoms with Crippen LogP contribution in [-0.2, 0) is 9.63 Å². The first-order valence-electron chi connectivity index (χ1n) is 6.92. The lowest BCUT2D eigenvalue weighted by atomic mass is 10.0. The number of methoxy groups -OCH3 is 2. The highest BCUT2D eigenvalue weighted by Gasteiger charge is 2.28. The first-order valence-corrected chi connectivity index (χ1v) is 6.92. The van der Waals surface area contributed by atoms with E-state index in [0.717, 1.165) is 5.76 Å². The molecule has 6 nitrogen and oxygen atoms in total. The fraction of sp³-hybridized carbons (Fsp3) is 0.176. The summed E-state index contributed by atoms with van der Waals surface area (Å²) in [6, 6.07) is 8.86. The first kappa shape index (κ1) is 14.9. The summed E-state index contributed by atoms with van der Waals surface area (Å²) in [4.78, 5) is 16.8. The predicted octanol–water partition coefficient (Wildman–Crippen LogP) is 2.95. The lowest BCUT2D eigenvalue weighted by Crippen LogP contribution is -2.07. The minimum absolute atomic E-state index is 0.326. The summed E-state index contributed by atoms with van der Waals surface area (Å²) in [6.45, 7) is 1.83. The summed E-state index contributed by atoms with van der Waals surface area (Å²) in [7, 11) is 3.10. The normalized spacial score (nSPS) is 15.5. The SMILES string of the molecule is COc1ccc(C2=NOC(=O)C2=Cc2ccc(C)o2)cc1OC. The molecule has 1 aliphatic rings. The second kappa shape index (κ2) is 6.00. The van der Waals surface area contributed by atoms with E-state index in [4.69, 9.17) is 18.7 Å². The van der Waals surface area contributed by atoms with Crippen molar-refractivity contribution < 1.29 is 23.5 Å². The van der Waals surface area contributed by atoms with Gasteiger partial charge in [-0.05, 0) is 43.3 Å². The van der Waals surface area contributed by atoms with E-state index in [2.05, 4.69) is 5.16 Å². The Morgan fingerprint density at radius 1 is 1.09 bits per heavy atom. The van der Waals surface area contributed by atoms with Crippen LogP contribution in [0.15, 0.2) is 45.5 Å². The quantitative estimate of drug-likeness (QED) is 0.641. The molecule has 1 aromatic heterocycles.